The average molecular weight is 206 g/mol. The molecule has 0 N–H and O–H groups in total. The Hall–Kier alpha value is -1.83. The van der Waals surface area contributed by atoms with E-state index in [1.807, 2.05) is 26.0 Å². The molecule has 0 saturated carbocycles. The van der Waals surface area contributed by atoms with E-state index < -0.39 is 0 Å². The standard InChI is InChI=1S/C14H11BO/c1-8-3-2-4-11-13(8)10-6-5-9(15)7-12(10)14(11)16/h2-7H,15H2,1H3. The van der Waals surface area contributed by atoms with Gasteiger partial charge in [-0.2, -0.15) is 0 Å². The molecule has 0 amide bonds. The van der Waals surface area contributed by atoms with Gasteiger partial charge in [0.25, 0.3) is 0 Å². The molecule has 76 valence electrons. The van der Waals surface area contributed by atoms with Crippen LogP contribution in [0.3, 0.4) is 0 Å². The molecule has 16 heavy (non-hydrogen) atoms. The van der Waals surface area contributed by atoms with Crippen LogP contribution in [0, 0.1) is 6.92 Å². The van der Waals surface area contributed by atoms with E-state index in [2.05, 4.69) is 25.1 Å². The van der Waals surface area contributed by atoms with Gasteiger partial charge in [0.15, 0.2) is 5.78 Å². The van der Waals surface area contributed by atoms with Crippen LogP contribution < -0.4 is 5.46 Å². The van der Waals surface area contributed by atoms with Crippen molar-refractivity contribution in [3.63, 3.8) is 0 Å². The normalized spacial score (nSPS) is 12.4. The summed E-state index contributed by atoms with van der Waals surface area (Å²) in [6.07, 6.45) is 0. The van der Waals surface area contributed by atoms with Gasteiger partial charge in [-0.1, -0.05) is 41.9 Å². The van der Waals surface area contributed by atoms with Crippen LogP contribution in [0.5, 0.6) is 0 Å². The molecule has 0 saturated heterocycles. The van der Waals surface area contributed by atoms with Crippen molar-refractivity contribution in [2.45, 2.75) is 6.92 Å². The second-order valence-corrected chi connectivity index (χ2v) is 4.38. The van der Waals surface area contributed by atoms with Crippen LogP contribution in [0.2, 0.25) is 0 Å². The molecule has 1 nitrogen and oxygen atoms in total. The van der Waals surface area contributed by atoms with Gasteiger partial charge >= 0.3 is 0 Å². The summed E-state index contributed by atoms with van der Waals surface area (Å²) in [6, 6.07) is 12.0. The summed E-state index contributed by atoms with van der Waals surface area (Å²) in [5.41, 5.74) is 6.21. The van der Waals surface area contributed by atoms with Crippen LogP contribution in [0.1, 0.15) is 21.5 Å². The smallest absolute Gasteiger partial charge is 0.194 e. The van der Waals surface area contributed by atoms with Crippen LogP contribution in [-0.4, -0.2) is 13.6 Å². The lowest BCUT2D eigenvalue weighted by atomic mass is 9.91. The molecule has 0 bridgehead atoms. The highest BCUT2D eigenvalue weighted by Crippen LogP contribution is 2.37. The van der Waals surface area contributed by atoms with Crippen molar-refractivity contribution in [2.24, 2.45) is 0 Å². The fraction of sp³-hybridized carbons (Fsp3) is 0.0714. The summed E-state index contributed by atoms with van der Waals surface area (Å²) in [4.78, 5) is 12.2. The summed E-state index contributed by atoms with van der Waals surface area (Å²) in [5, 5.41) is 0. The van der Waals surface area contributed by atoms with Crippen molar-refractivity contribution in [2.75, 3.05) is 0 Å². The van der Waals surface area contributed by atoms with E-state index in [4.69, 9.17) is 0 Å². The number of carbonyl (C=O) groups is 1. The average Bonchev–Trinajstić information content (AvgIpc) is 2.55. The van der Waals surface area contributed by atoms with Gasteiger partial charge in [-0.25, -0.2) is 0 Å². The Labute approximate surface area is 95.5 Å². The van der Waals surface area contributed by atoms with Crippen LogP contribution in [0.4, 0.5) is 0 Å². The molecule has 1 aliphatic rings. The summed E-state index contributed by atoms with van der Waals surface area (Å²) in [5.74, 6) is 0.164. The first-order valence-electron chi connectivity index (χ1n) is 5.44. The lowest BCUT2D eigenvalue weighted by Gasteiger charge is -2.03. The second kappa shape index (κ2) is 3.08. The minimum absolute atomic E-state index is 0.164. The highest BCUT2D eigenvalue weighted by atomic mass is 16.1. The van der Waals surface area contributed by atoms with Gasteiger partial charge in [-0.15, -0.1) is 0 Å². The number of carbonyl (C=O) groups excluding carboxylic acids is 1. The van der Waals surface area contributed by atoms with Crippen LogP contribution >= 0.6 is 0 Å². The maximum Gasteiger partial charge on any atom is 0.194 e. The molecule has 2 heteroatoms. The van der Waals surface area contributed by atoms with Crippen LogP contribution in [0.25, 0.3) is 11.1 Å². The zero-order chi connectivity index (χ0) is 11.3. The molecule has 0 heterocycles. The highest BCUT2D eigenvalue weighted by molar-refractivity contribution is 6.34. The van der Waals surface area contributed by atoms with Gasteiger partial charge in [0, 0.05) is 11.1 Å². The van der Waals surface area contributed by atoms with E-state index >= 15 is 0 Å². The SMILES string of the molecule is Bc1ccc2c(c1)C(=O)c1cccc(C)c1-2. The molecule has 0 atom stereocenters. The van der Waals surface area contributed by atoms with Gasteiger partial charge in [0.2, 0.25) is 0 Å². The summed E-state index contributed by atoms with van der Waals surface area (Å²) in [6.45, 7) is 2.06. The lowest BCUT2D eigenvalue weighted by Crippen LogP contribution is -2.05. The predicted octanol–water partition coefficient (Wildman–Crippen LogP) is 1.46. The zero-order valence-electron chi connectivity index (χ0n) is 9.37. The van der Waals surface area contributed by atoms with E-state index in [0.29, 0.717) is 0 Å². The fourth-order valence-corrected chi connectivity index (χ4v) is 2.42. The maximum absolute atomic E-state index is 12.2. The third-order valence-electron chi connectivity index (χ3n) is 3.21. The number of ketones is 1. The monoisotopic (exact) mass is 206 g/mol. The first-order chi connectivity index (χ1) is 7.68. The molecular formula is C14H11BO. The third kappa shape index (κ3) is 1.10. The Morgan fingerprint density at radius 3 is 2.62 bits per heavy atom. The molecule has 1 aliphatic carbocycles. The largest absolute Gasteiger partial charge is 0.289 e. The van der Waals surface area contributed by atoms with E-state index in [1.54, 1.807) is 0 Å². The van der Waals surface area contributed by atoms with Gasteiger partial charge in [-0.05, 0) is 23.6 Å². The van der Waals surface area contributed by atoms with Gasteiger partial charge < -0.3 is 0 Å². The first kappa shape index (κ1) is 9.40. The quantitative estimate of drug-likeness (QED) is 0.509. The number of fused-ring (bicyclic) bond motifs is 3. The number of hydrogen-bond acceptors (Lipinski definition) is 1. The minimum Gasteiger partial charge on any atom is -0.289 e. The number of benzene rings is 2. The maximum atomic E-state index is 12.2. The minimum atomic E-state index is 0.164. The molecule has 0 aromatic heterocycles. The summed E-state index contributed by atoms with van der Waals surface area (Å²) < 4.78 is 0. The molecule has 0 fully saturated rings. The van der Waals surface area contributed by atoms with Crippen LogP contribution in [-0.2, 0) is 0 Å². The van der Waals surface area contributed by atoms with E-state index in [0.717, 1.165) is 27.7 Å². The zero-order valence-corrected chi connectivity index (χ0v) is 9.37. The van der Waals surface area contributed by atoms with Crippen LogP contribution in [0.15, 0.2) is 36.4 Å². The molecular weight excluding hydrogens is 195 g/mol. The Morgan fingerprint density at radius 1 is 1.00 bits per heavy atom. The highest BCUT2D eigenvalue weighted by Gasteiger charge is 2.27. The topological polar surface area (TPSA) is 17.1 Å². The Morgan fingerprint density at radius 2 is 1.81 bits per heavy atom. The Bertz CT molecular complexity index is 614. The molecule has 0 radical (unpaired) electrons. The van der Waals surface area contributed by atoms with Gasteiger partial charge in [0.05, 0.1) is 0 Å². The number of hydrogen-bond donors (Lipinski definition) is 0. The second-order valence-electron chi connectivity index (χ2n) is 4.38. The molecule has 0 unspecified atom stereocenters. The molecule has 0 spiro atoms. The van der Waals surface area contributed by atoms with Crippen molar-refractivity contribution in [3.05, 3.63) is 53.1 Å². The van der Waals surface area contributed by atoms with Gasteiger partial charge in [-0.3, -0.25) is 4.79 Å². The van der Waals surface area contributed by atoms with Gasteiger partial charge in [0.1, 0.15) is 7.85 Å². The van der Waals surface area contributed by atoms with Crippen molar-refractivity contribution in [1.82, 2.24) is 0 Å². The number of rotatable bonds is 0. The molecule has 2 aromatic rings. The lowest BCUT2D eigenvalue weighted by molar-refractivity contribution is 0.104. The van der Waals surface area contributed by atoms with Crippen molar-refractivity contribution >= 4 is 19.1 Å². The summed E-state index contributed by atoms with van der Waals surface area (Å²) in [7, 11) is 2.02. The molecule has 0 aliphatic heterocycles. The van der Waals surface area contributed by atoms with E-state index in [-0.39, 0.29) is 5.78 Å². The molecule has 3 rings (SSSR count). The third-order valence-corrected chi connectivity index (χ3v) is 3.21. The summed E-state index contributed by atoms with van der Waals surface area (Å²) >= 11 is 0. The van der Waals surface area contributed by atoms with Crippen molar-refractivity contribution in [1.29, 1.82) is 0 Å². The van der Waals surface area contributed by atoms with E-state index in [1.165, 1.54) is 5.56 Å². The Balaban J connectivity index is 2.41. The first-order valence-corrected chi connectivity index (χ1v) is 5.44. The molecule has 2 aromatic carbocycles. The number of aryl methyl sites for hydroxylation is 1. The fourth-order valence-electron chi connectivity index (χ4n) is 2.42. The Kier molecular flexibility index (Phi) is 1.81. The van der Waals surface area contributed by atoms with E-state index in [9.17, 15) is 4.79 Å². The predicted molar refractivity (Wildman–Crippen MR) is 68.2 cm³/mol. The van der Waals surface area contributed by atoms with Crippen molar-refractivity contribution in [3.8, 4) is 11.1 Å². The van der Waals surface area contributed by atoms with Crippen molar-refractivity contribution < 1.29 is 4.79 Å².